The van der Waals surface area contributed by atoms with E-state index in [1.807, 2.05) is 12.1 Å². The van der Waals surface area contributed by atoms with Gasteiger partial charge in [0.1, 0.15) is 57.5 Å². The van der Waals surface area contributed by atoms with Gasteiger partial charge in [0.25, 0.3) is 0 Å². The molecule has 0 spiro atoms. The van der Waals surface area contributed by atoms with Crippen LogP contribution in [0.25, 0.3) is 22.3 Å². The Balaban J connectivity index is 0.000000194. The van der Waals surface area contributed by atoms with E-state index in [4.69, 9.17) is 47.4 Å². The number of hydrogen-bond donors (Lipinski definition) is 0. The van der Waals surface area contributed by atoms with Crippen molar-refractivity contribution in [2.45, 2.75) is 209 Å². The average molecular weight is 1670 g/mol. The van der Waals surface area contributed by atoms with Crippen molar-refractivity contribution in [3.63, 3.8) is 0 Å². The van der Waals surface area contributed by atoms with Crippen molar-refractivity contribution in [1.82, 2.24) is 0 Å². The molecule has 124 heavy (non-hydrogen) atoms. The first-order chi connectivity index (χ1) is 59.2. The first-order valence-electron chi connectivity index (χ1n) is 44.1. The highest BCUT2D eigenvalue weighted by Gasteiger charge is 2.32. The summed E-state index contributed by atoms with van der Waals surface area (Å²) in [5.74, 6) is 9.86. The maximum atomic E-state index is 5.66. The lowest BCUT2D eigenvalue weighted by atomic mass is 9.73. The van der Waals surface area contributed by atoms with Crippen LogP contribution in [0.3, 0.4) is 0 Å². The first kappa shape index (κ1) is 98.1. The van der Waals surface area contributed by atoms with Gasteiger partial charge in [0.05, 0.1) is 71.1 Å². The molecule has 12 aromatic rings. The fourth-order valence-electron chi connectivity index (χ4n) is 16.2. The van der Waals surface area contributed by atoms with Gasteiger partial charge in [-0.15, -0.1) is 0 Å². The van der Waals surface area contributed by atoms with E-state index in [9.17, 15) is 0 Å². The van der Waals surface area contributed by atoms with Crippen molar-refractivity contribution in [2.75, 3.05) is 71.1 Å². The van der Waals surface area contributed by atoms with Gasteiger partial charge in [-0.05, 0) is 240 Å². The number of ether oxygens (including phenoxy) is 10. The fourth-order valence-corrected chi connectivity index (χ4v) is 16.2. The van der Waals surface area contributed by atoms with Crippen molar-refractivity contribution in [2.24, 2.45) is 0 Å². The SMILES string of the molecule is CCc1cc(C(C)(C)c2ccc(OC)c(CC)c2)ccc1OC.CCc1cc(C(C)c2ccc(OC)c(CC)c2)ccc1OC.CCc1cc(Cc2ccc(OC)c(CC)c2)ccc1OC.COc1ccc(C(C)(C)c2ccc(OC)c(-c3ccccc3)c2)cc1-c1ccccc1.COc1ccc(C(C)(C)c2ccc(OC)c(C(C)(C)C)c2)cc1C(C)(C)C. The Labute approximate surface area is 746 Å². The van der Waals surface area contributed by atoms with Crippen LogP contribution in [0.5, 0.6) is 57.5 Å². The summed E-state index contributed by atoms with van der Waals surface area (Å²) in [6.45, 7) is 42.2. The normalized spacial score (nSPS) is 11.4. The van der Waals surface area contributed by atoms with Gasteiger partial charge in [-0.2, -0.15) is 0 Å². The van der Waals surface area contributed by atoms with E-state index in [1.54, 1.807) is 71.1 Å². The van der Waals surface area contributed by atoms with E-state index >= 15 is 0 Å². The molecule has 0 saturated heterocycles. The van der Waals surface area contributed by atoms with Gasteiger partial charge < -0.3 is 47.4 Å². The van der Waals surface area contributed by atoms with Crippen LogP contribution in [-0.4, -0.2) is 71.1 Å². The van der Waals surface area contributed by atoms with E-state index < -0.39 is 0 Å². The Morgan fingerprint density at radius 3 is 0.718 bits per heavy atom. The highest BCUT2D eigenvalue weighted by molar-refractivity contribution is 5.74. The first-order valence-corrected chi connectivity index (χ1v) is 44.1. The van der Waals surface area contributed by atoms with Gasteiger partial charge in [0.15, 0.2) is 0 Å². The van der Waals surface area contributed by atoms with Gasteiger partial charge in [0.2, 0.25) is 0 Å². The lowest BCUT2D eigenvalue weighted by Gasteiger charge is -2.31. The molecule has 0 heterocycles. The number of methoxy groups -OCH3 is 10. The molecule has 0 radical (unpaired) electrons. The molecule has 0 aliphatic carbocycles. The lowest BCUT2D eigenvalue weighted by molar-refractivity contribution is 0.396. The second-order valence-corrected chi connectivity index (χ2v) is 35.3. The Hall–Kier alpha value is -11.4. The fraction of sp³-hybridized carbons (Fsp3) is 0.368. The zero-order valence-corrected chi connectivity index (χ0v) is 80.2. The highest BCUT2D eigenvalue weighted by Crippen LogP contribution is 2.45. The molecule has 0 aliphatic heterocycles. The van der Waals surface area contributed by atoms with Gasteiger partial charge in [-0.25, -0.2) is 0 Å². The van der Waals surface area contributed by atoms with Crippen molar-refractivity contribution in [3.05, 3.63) is 343 Å². The third-order valence-electron chi connectivity index (χ3n) is 24.5. The molecule has 0 aliphatic rings. The molecule has 0 saturated carbocycles. The van der Waals surface area contributed by atoms with E-state index in [0.29, 0.717) is 5.92 Å². The highest BCUT2D eigenvalue weighted by atomic mass is 16.5. The van der Waals surface area contributed by atoms with Crippen molar-refractivity contribution < 1.29 is 47.4 Å². The second kappa shape index (κ2) is 44.8. The van der Waals surface area contributed by atoms with Gasteiger partial charge >= 0.3 is 0 Å². The second-order valence-electron chi connectivity index (χ2n) is 35.3. The molecule has 0 aromatic heterocycles. The summed E-state index contributed by atoms with van der Waals surface area (Å²) in [4.78, 5) is 0. The zero-order chi connectivity index (χ0) is 90.9. The Morgan fingerprint density at radius 1 is 0.226 bits per heavy atom. The third kappa shape index (κ3) is 24.2. The van der Waals surface area contributed by atoms with Crippen molar-refractivity contribution in [1.29, 1.82) is 0 Å². The van der Waals surface area contributed by atoms with Crippen LogP contribution in [0.1, 0.15) is 238 Å². The average Bonchev–Trinajstić information content (AvgIpc) is 0.731. The molecule has 0 amide bonds. The summed E-state index contributed by atoms with van der Waals surface area (Å²) >= 11 is 0. The molecule has 0 fully saturated rings. The van der Waals surface area contributed by atoms with Gasteiger partial charge in [-0.1, -0.05) is 301 Å². The minimum atomic E-state index is -0.203. The number of benzene rings is 12. The molecule has 0 atom stereocenters. The molecule has 0 N–H and O–H groups in total. The van der Waals surface area contributed by atoms with Crippen LogP contribution >= 0.6 is 0 Å². The standard InChI is InChI=1S/C29H28O2.C25H36O2.C21H28O2.C20H26O2.C19H24O2/c1-29(2,23-15-17-27(30-3)25(19-23)21-11-7-5-8-12-21)24-16-18-28(31-4)26(20-24)22-13-9-6-10-14-22;1-23(2,3)19-15-17(11-13-21(19)26-9)25(7,8)18-12-14-22(27-10)20(16-18)24(4,5)6;1-7-15-13-17(9-11-19(15)22-5)21(3,4)18-10-12-20(23-6)16(8-2)14-18;1-6-15-12-17(8-10-19(15)21-4)14(3)18-9-11-20(22-5)16(7-2)13-18;1-5-16-12-14(7-9-18(16)20-3)11-15-8-10-19(21-4)17(6-2)13-15/h5-20H,1-4H3;11-16H,1-10H3;9-14H,7-8H2,1-6H3;8-14H,6-7H2,1-5H3;7-10,12-13H,5-6,11H2,1-4H3. The smallest absolute Gasteiger partial charge is 0.126 e. The van der Waals surface area contributed by atoms with Crippen LogP contribution in [0, 0.1) is 0 Å². The molecule has 12 aromatic carbocycles. The Bertz CT molecular complexity index is 5080. The van der Waals surface area contributed by atoms with Gasteiger partial charge in [0, 0.05) is 33.3 Å². The van der Waals surface area contributed by atoms with E-state index in [0.717, 1.165) is 125 Å². The molecule has 0 unspecified atom stereocenters. The molecule has 10 nitrogen and oxygen atoms in total. The van der Waals surface area contributed by atoms with Crippen LogP contribution < -0.4 is 47.4 Å². The van der Waals surface area contributed by atoms with Gasteiger partial charge in [-0.3, -0.25) is 0 Å². The van der Waals surface area contributed by atoms with Crippen molar-refractivity contribution >= 4 is 0 Å². The summed E-state index contributed by atoms with van der Waals surface area (Å²) in [7, 11) is 17.3. The lowest BCUT2D eigenvalue weighted by Crippen LogP contribution is -2.23. The molecule has 12 rings (SSSR count). The maximum Gasteiger partial charge on any atom is 0.126 e. The predicted octanol–water partition coefficient (Wildman–Crippen LogP) is 28.5. The minimum Gasteiger partial charge on any atom is -0.496 e. The van der Waals surface area contributed by atoms with Crippen molar-refractivity contribution in [3.8, 4) is 79.7 Å². The summed E-state index contributed by atoms with van der Waals surface area (Å²) in [5.41, 5.74) is 27.1. The summed E-state index contributed by atoms with van der Waals surface area (Å²) in [6, 6.07) is 85.9. The maximum absolute atomic E-state index is 5.66. The quantitative estimate of drug-likeness (QED) is 0.0472. The Morgan fingerprint density at radius 2 is 0.452 bits per heavy atom. The number of aryl methyl sites for hydroxylation is 6. The number of hydrogen-bond acceptors (Lipinski definition) is 10. The van der Waals surface area contributed by atoms with E-state index in [2.05, 4.69) is 362 Å². The zero-order valence-electron chi connectivity index (χ0n) is 80.2. The minimum absolute atomic E-state index is 0.0217. The molecular weight excluding hydrogens is 1530 g/mol. The summed E-state index contributed by atoms with van der Waals surface area (Å²) < 4.78 is 55.1. The van der Waals surface area contributed by atoms with Crippen LogP contribution in [-0.2, 0) is 72.0 Å². The molecule has 658 valence electrons. The Kier molecular flexibility index (Phi) is 35.4. The predicted molar refractivity (Wildman–Crippen MR) is 521 cm³/mol. The molecule has 0 bridgehead atoms. The molecular formula is C114H142O10. The topological polar surface area (TPSA) is 92.3 Å². The summed E-state index contributed by atoms with van der Waals surface area (Å²) in [6.07, 6.45) is 6.80. The third-order valence-corrected chi connectivity index (χ3v) is 24.5. The summed E-state index contributed by atoms with van der Waals surface area (Å²) in [5, 5.41) is 0. The monoisotopic (exact) mass is 1670 g/mol. The number of rotatable bonds is 28. The van der Waals surface area contributed by atoms with Crippen LogP contribution in [0.15, 0.2) is 243 Å². The van der Waals surface area contributed by atoms with Crippen LogP contribution in [0.4, 0.5) is 0 Å². The largest absolute Gasteiger partial charge is 0.496 e. The van der Waals surface area contributed by atoms with E-state index in [1.165, 1.54) is 100 Å². The molecule has 10 heteroatoms. The van der Waals surface area contributed by atoms with Crippen LogP contribution in [0.2, 0.25) is 0 Å². The van der Waals surface area contributed by atoms with E-state index in [-0.39, 0.29) is 27.1 Å².